The Hall–Kier alpha value is -6.48. The maximum Gasteiger partial charge on any atom is 0.338 e. The molecule has 50 heavy (non-hydrogen) atoms. The van der Waals surface area contributed by atoms with Gasteiger partial charge in [-0.3, -0.25) is 19.5 Å². The molecule has 0 saturated carbocycles. The van der Waals surface area contributed by atoms with Gasteiger partial charge in [-0.2, -0.15) is 9.97 Å². The predicted octanol–water partition coefficient (Wildman–Crippen LogP) is 3.95. The van der Waals surface area contributed by atoms with Gasteiger partial charge in [-0.05, 0) is 36.4 Å². The zero-order valence-electron chi connectivity index (χ0n) is 26.7. The van der Waals surface area contributed by atoms with Gasteiger partial charge in [-0.1, -0.05) is 54.6 Å². The van der Waals surface area contributed by atoms with E-state index in [-0.39, 0.29) is 39.6 Å². The normalized spacial score (nSPS) is 18.2. The van der Waals surface area contributed by atoms with Gasteiger partial charge in [0.15, 0.2) is 35.4 Å². The van der Waals surface area contributed by atoms with Crippen molar-refractivity contribution in [2.75, 3.05) is 17.2 Å². The van der Waals surface area contributed by atoms with E-state index in [4.69, 9.17) is 18.9 Å². The molecule has 5 aromatic rings. The number of benzene rings is 3. The van der Waals surface area contributed by atoms with Crippen molar-refractivity contribution >= 4 is 52.7 Å². The fourth-order valence-electron chi connectivity index (χ4n) is 5.25. The summed E-state index contributed by atoms with van der Waals surface area (Å²) < 4.78 is 25.4. The standard InChI is InChI=1S/C35H30N6O9/c1-20(42)37-29-26-30(40-35(39-29)38-21(2)43)41(19-36-26)31-28(50-34(46)24-16-10-5-11-17-24)27(49-33(45)23-14-8-4-9-15-23)25(48-31)18-47-32(44)22-12-6-3-7-13-22/h3-17,19,25,27-28,31H,18H2,1-2H3,(H2,37,38,39,40,42,43). The van der Waals surface area contributed by atoms with Crippen molar-refractivity contribution in [2.24, 2.45) is 0 Å². The van der Waals surface area contributed by atoms with Crippen LogP contribution in [0.3, 0.4) is 0 Å². The lowest BCUT2D eigenvalue weighted by atomic mass is 10.1. The first-order valence-electron chi connectivity index (χ1n) is 15.4. The maximum atomic E-state index is 13.5. The molecule has 1 aliphatic rings. The van der Waals surface area contributed by atoms with Gasteiger partial charge in [0, 0.05) is 13.8 Å². The van der Waals surface area contributed by atoms with Crippen LogP contribution >= 0.6 is 0 Å². The number of rotatable bonds is 10. The number of anilines is 2. The Morgan fingerprint density at radius 1 is 0.700 bits per heavy atom. The van der Waals surface area contributed by atoms with Crippen LogP contribution in [0.5, 0.6) is 0 Å². The highest BCUT2D eigenvalue weighted by atomic mass is 16.7. The zero-order valence-corrected chi connectivity index (χ0v) is 26.7. The molecular weight excluding hydrogens is 648 g/mol. The lowest BCUT2D eigenvalue weighted by Crippen LogP contribution is -2.41. The number of nitrogens with zero attached hydrogens (tertiary/aromatic N) is 4. The maximum absolute atomic E-state index is 13.5. The van der Waals surface area contributed by atoms with Crippen molar-refractivity contribution in [1.82, 2.24) is 19.5 Å². The molecule has 3 aromatic carbocycles. The van der Waals surface area contributed by atoms with Crippen molar-refractivity contribution in [3.05, 3.63) is 114 Å². The third kappa shape index (κ3) is 7.47. The molecule has 2 amide bonds. The van der Waals surface area contributed by atoms with Crippen LogP contribution in [-0.4, -0.2) is 74.2 Å². The lowest BCUT2D eigenvalue weighted by molar-refractivity contribution is -0.115. The van der Waals surface area contributed by atoms with Crippen LogP contribution in [0.1, 0.15) is 51.1 Å². The Kier molecular flexibility index (Phi) is 9.85. The van der Waals surface area contributed by atoms with Gasteiger partial charge in [-0.25, -0.2) is 19.4 Å². The number of nitrogens with one attached hydrogen (secondary N) is 2. The van der Waals surface area contributed by atoms with Gasteiger partial charge in [0.05, 0.1) is 23.0 Å². The summed E-state index contributed by atoms with van der Waals surface area (Å²) in [5.74, 6) is -3.29. The van der Waals surface area contributed by atoms with E-state index in [0.29, 0.717) is 0 Å². The first-order chi connectivity index (χ1) is 24.2. The molecule has 15 heteroatoms. The van der Waals surface area contributed by atoms with Crippen LogP contribution in [0.2, 0.25) is 0 Å². The minimum atomic E-state index is -1.36. The molecule has 0 aliphatic carbocycles. The molecule has 1 aliphatic heterocycles. The average Bonchev–Trinajstić information content (AvgIpc) is 3.68. The first-order valence-corrected chi connectivity index (χ1v) is 15.4. The molecule has 4 unspecified atom stereocenters. The summed E-state index contributed by atoms with van der Waals surface area (Å²) in [7, 11) is 0. The SMILES string of the molecule is CC(=O)Nc1nc(NC(C)=O)c2ncn(C3OC(COC(=O)c4ccccc4)C(OC(=O)c4ccccc4)C3OC(=O)c3ccccc3)c2n1. The quantitative estimate of drug-likeness (QED) is 0.160. The molecular formula is C35H30N6O9. The molecule has 2 N–H and O–H groups in total. The third-order valence-electron chi connectivity index (χ3n) is 7.46. The number of hydrogen-bond donors (Lipinski definition) is 2. The number of carbonyl (C=O) groups is 5. The Bertz CT molecular complexity index is 2040. The summed E-state index contributed by atoms with van der Waals surface area (Å²) in [6, 6.07) is 24.6. The molecule has 254 valence electrons. The van der Waals surface area contributed by atoms with E-state index in [1.165, 1.54) is 24.7 Å². The van der Waals surface area contributed by atoms with Gasteiger partial charge in [0.25, 0.3) is 0 Å². The van der Waals surface area contributed by atoms with Crippen LogP contribution in [0.4, 0.5) is 11.8 Å². The highest BCUT2D eigenvalue weighted by Gasteiger charge is 2.52. The van der Waals surface area contributed by atoms with Crippen LogP contribution in [0, 0.1) is 0 Å². The van der Waals surface area contributed by atoms with Gasteiger partial charge in [0.2, 0.25) is 17.8 Å². The summed E-state index contributed by atoms with van der Waals surface area (Å²) in [5.41, 5.74) is 0.873. The number of fused-ring (bicyclic) bond motifs is 1. The zero-order chi connectivity index (χ0) is 35.2. The van der Waals surface area contributed by atoms with Gasteiger partial charge < -0.3 is 24.3 Å². The summed E-state index contributed by atoms with van der Waals surface area (Å²) in [4.78, 5) is 76.9. The minimum Gasteiger partial charge on any atom is -0.459 e. The predicted molar refractivity (Wildman–Crippen MR) is 176 cm³/mol. The smallest absolute Gasteiger partial charge is 0.338 e. The van der Waals surface area contributed by atoms with E-state index in [2.05, 4.69) is 25.6 Å². The third-order valence-corrected chi connectivity index (χ3v) is 7.46. The molecule has 0 spiro atoms. The molecule has 1 fully saturated rings. The van der Waals surface area contributed by atoms with E-state index >= 15 is 0 Å². The van der Waals surface area contributed by atoms with Crippen molar-refractivity contribution in [3.63, 3.8) is 0 Å². The lowest BCUT2D eigenvalue weighted by Gasteiger charge is -2.25. The second-order valence-corrected chi connectivity index (χ2v) is 11.1. The van der Waals surface area contributed by atoms with E-state index in [1.54, 1.807) is 91.0 Å². The summed E-state index contributed by atoms with van der Waals surface area (Å²) in [6.45, 7) is 2.12. The monoisotopic (exact) mass is 678 g/mol. The van der Waals surface area contributed by atoms with E-state index < -0.39 is 60.9 Å². The molecule has 4 atom stereocenters. The summed E-state index contributed by atoms with van der Waals surface area (Å²) in [5, 5.41) is 5.06. The Morgan fingerprint density at radius 3 is 1.76 bits per heavy atom. The number of ether oxygens (including phenoxy) is 4. The van der Waals surface area contributed by atoms with Crippen LogP contribution in [0.25, 0.3) is 11.2 Å². The Morgan fingerprint density at radius 2 is 1.22 bits per heavy atom. The van der Waals surface area contributed by atoms with Crippen molar-refractivity contribution in [1.29, 1.82) is 0 Å². The topological polar surface area (TPSA) is 190 Å². The van der Waals surface area contributed by atoms with Gasteiger partial charge in [0.1, 0.15) is 12.7 Å². The number of imidazole rings is 1. The van der Waals surface area contributed by atoms with Crippen LogP contribution < -0.4 is 10.6 Å². The fourth-order valence-corrected chi connectivity index (χ4v) is 5.25. The molecule has 3 heterocycles. The number of esters is 3. The molecule has 0 bridgehead atoms. The fraction of sp³-hybridized carbons (Fsp3) is 0.200. The first kappa shape index (κ1) is 33.4. The van der Waals surface area contributed by atoms with Gasteiger partial charge >= 0.3 is 17.9 Å². The molecule has 2 aromatic heterocycles. The largest absolute Gasteiger partial charge is 0.459 e. The molecule has 0 radical (unpaired) electrons. The number of hydrogen-bond acceptors (Lipinski definition) is 12. The number of amides is 2. The van der Waals surface area contributed by atoms with Crippen molar-refractivity contribution in [3.8, 4) is 0 Å². The highest BCUT2D eigenvalue weighted by molar-refractivity contribution is 5.97. The van der Waals surface area contributed by atoms with E-state index in [0.717, 1.165) is 0 Å². The number of carbonyl (C=O) groups excluding carboxylic acids is 5. The molecule has 15 nitrogen and oxygen atoms in total. The summed E-state index contributed by atoms with van der Waals surface area (Å²) >= 11 is 0. The average molecular weight is 679 g/mol. The van der Waals surface area contributed by atoms with Crippen LogP contribution in [-0.2, 0) is 28.5 Å². The van der Waals surface area contributed by atoms with Crippen molar-refractivity contribution < 1.29 is 42.9 Å². The Labute approximate surface area is 284 Å². The van der Waals surface area contributed by atoms with Crippen molar-refractivity contribution in [2.45, 2.75) is 38.4 Å². The van der Waals surface area contributed by atoms with E-state index in [1.807, 2.05) is 0 Å². The molecule has 1 saturated heterocycles. The second kappa shape index (κ2) is 14.7. The summed E-state index contributed by atoms with van der Waals surface area (Å²) in [6.07, 6.45) is -3.83. The van der Waals surface area contributed by atoms with E-state index in [9.17, 15) is 24.0 Å². The second-order valence-electron chi connectivity index (χ2n) is 11.1. The van der Waals surface area contributed by atoms with Gasteiger partial charge in [-0.15, -0.1) is 0 Å². The highest BCUT2D eigenvalue weighted by Crippen LogP contribution is 2.37. The Balaban J connectivity index is 1.43. The van der Waals surface area contributed by atoms with Crippen LogP contribution in [0.15, 0.2) is 97.3 Å². The number of aromatic nitrogens is 4. The minimum absolute atomic E-state index is 0.0128. The molecule has 6 rings (SSSR count).